The van der Waals surface area contributed by atoms with E-state index in [1.807, 2.05) is 26.1 Å². The monoisotopic (exact) mass is 444 g/mol. The van der Waals surface area contributed by atoms with Crippen LogP contribution in [0.4, 0.5) is 0 Å². The number of piperazine rings is 1. The summed E-state index contributed by atoms with van der Waals surface area (Å²) in [5, 5.41) is 0.810. The van der Waals surface area contributed by atoms with Crippen molar-refractivity contribution in [2.45, 2.75) is 57.2 Å². The van der Waals surface area contributed by atoms with Gasteiger partial charge in [-0.15, -0.1) is 0 Å². The molecule has 1 aromatic rings. The molecule has 2 atom stereocenters. The third-order valence-corrected chi connectivity index (χ3v) is 7.69. The van der Waals surface area contributed by atoms with E-state index in [9.17, 15) is 0 Å². The molecular weight excluding hydrogens is 408 g/mol. The van der Waals surface area contributed by atoms with Gasteiger partial charge in [-0.1, -0.05) is 23.7 Å². The van der Waals surface area contributed by atoms with Gasteiger partial charge in [0.05, 0.1) is 13.2 Å². The summed E-state index contributed by atoms with van der Waals surface area (Å²) in [5.74, 6) is 0.488. The molecule has 2 saturated heterocycles. The highest BCUT2D eigenvalue weighted by Crippen LogP contribution is 2.34. The van der Waals surface area contributed by atoms with Gasteiger partial charge in [0, 0.05) is 61.2 Å². The summed E-state index contributed by atoms with van der Waals surface area (Å²) in [6.07, 6.45) is 7.90. The van der Waals surface area contributed by atoms with Gasteiger partial charge in [-0.2, -0.15) is 0 Å². The predicted molar refractivity (Wildman–Crippen MR) is 129 cm³/mol. The van der Waals surface area contributed by atoms with Crippen LogP contribution >= 0.6 is 11.6 Å². The van der Waals surface area contributed by atoms with Gasteiger partial charge < -0.3 is 10.5 Å². The average molecular weight is 445 g/mol. The van der Waals surface area contributed by atoms with Crippen molar-refractivity contribution in [3.05, 3.63) is 46.6 Å². The summed E-state index contributed by atoms with van der Waals surface area (Å²) >= 11 is 6.12. The van der Waals surface area contributed by atoms with Crippen LogP contribution in [0.2, 0.25) is 5.02 Å². The first-order valence-corrected chi connectivity index (χ1v) is 12.1. The number of halogens is 1. The lowest BCUT2D eigenvalue weighted by Crippen LogP contribution is -2.64. The van der Waals surface area contributed by atoms with Crippen molar-refractivity contribution in [3.8, 4) is 0 Å². The lowest BCUT2D eigenvalue weighted by atomic mass is 9.82. The molecule has 1 aliphatic carbocycles. The Morgan fingerprint density at radius 1 is 1.16 bits per heavy atom. The number of nitrogens with two attached hydrogens (primary N) is 1. The molecule has 0 spiro atoms. The number of morpholine rings is 1. The second kappa shape index (κ2) is 10.5. The first-order chi connectivity index (χ1) is 15.0. The standard InChI is InChI=1S/C25H37ClN4O/c1-18(28-2)13-25(27)20-5-9-22(10-6-20)30-16-24-17-31-12-11-29(24)15-23(30)14-19-3-7-21(26)8-4-19/h3-4,7-8,13,20,22-24H,5-6,9-12,14-17,27H2,1-2H3. The highest BCUT2D eigenvalue weighted by atomic mass is 35.5. The van der Waals surface area contributed by atoms with Gasteiger partial charge in [0.15, 0.2) is 0 Å². The summed E-state index contributed by atoms with van der Waals surface area (Å²) in [5.41, 5.74) is 9.80. The van der Waals surface area contributed by atoms with E-state index in [4.69, 9.17) is 22.1 Å². The number of benzene rings is 1. The Kier molecular flexibility index (Phi) is 7.70. The van der Waals surface area contributed by atoms with Crippen molar-refractivity contribution < 1.29 is 4.74 Å². The number of fused-ring (bicyclic) bond motifs is 1. The van der Waals surface area contributed by atoms with E-state index in [0.29, 0.717) is 24.0 Å². The van der Waals surface area contributed by atoms with Crippen molar-refractivity contribution in [2.24, 2.45) is 16.6 Å². The van der Waals surface area contributed by atoms with Crippen LogP contribution < -0.4 is 5.73 Å². The van der Waals surface area contributed by atoms with Crippen LogP contribution in [0.3, 0.4) is 0 Å². The van der Waals surface area contributed by atoms with E-state index in [2.05, 4.69) is 33.0 Å². The molecule has 170 valence electrons. The van der Waals surface area contributed by atoms with E-state index in [1.54, 1.807) is 0 Å². The number of hydrogen-bond donors (Lipinski definition) is 1. The van der Waals surface area contributed by atoms with Gasteiger partial charge in [0.2, 0.25) is 0 Å². The SMILES string of the molecule is CN=C(C)C=C(N)C1CCC(N2CC3COCCN3CC2Cc2ccc(Cl)cc2)CC1. The Morgan fingerprint density at radius 2 is 1.90 bits per heavy atom. The Morgan fingerprint density at radius 3 is 2.61 bits per heavy atom. The van der Waals surface area contributed by atoms with E-state index >= 15 is 0 Å². The van der Waals surface area contributed by atoms with Crippen molar-refractivity contribution in [3.63, 3.8) is 0 Å². The summed E-state index contributed by atoms with van der Waals surface area (Å²) in [6, 6.07) is 10.1. The van der Waals surface area contributed by atoms with Crippen LogP contribution in [-0.2, 0) is 11.2 Å². The molecule has 1 aromatic carbocycles. The van der Waals surface area contributed by atoms with E-state index in [1.165, 1.54) is 31.2 Å². The fourth-order valence-electron chi connectivity index (χ4n) is 5.55. The maximum absolute atomic E-state index is 6.41. The lowest BCUT2D eigenvalue weighted by Gasteiger charge is -2.52. The van der Waals surface area contributed by atoms with Crippen molar-refractivity contribution in [1.29, 1.82) is 0 Å². The molecule has 31 heavy (non-hydrogen) atoms. The minimum atomic E-state index is 0.488. The first kappa shape index (κ1) is 22.8. The van der Waals surface area contributed by atoms with Crippen LogP contribution in [0, 0.1) is 5.92 Å². The van der Waals surface area contributed by atoms with E-state index in [-0.39, 0.29) is 0 Å². The van der Waals surface area contributed by atoms with Gasteiger partial charge >= 0.3 is 0 Å². The fourth-order valence-corrected chi connectivity index (χ4v) is 5.68. The smallest absolute Gasteiger partial charge is 0.0634 e. The summed E-state index contributed by atoms with van der Waals surface area (Å²) in [7, 11) is 1.82. The topological polar surface area (TPSA) is 54.1 Å². The van der Waals surface area contributed by atoms with Crippen molar-refractivity contribution >= 4 is 17.3 Å². The third-order valence-electron chi connectivity index (χ3n) is 7.44. The molecule has 2 aliphatic heterocycles. The number of rotatable bonds is 5. The lowest BCUT2D eigenvalue weighted by molar-refractivity contribution is -0.0787. The predicted octanol–water partition coefficient (Wildman–Crippen LogP) is 3.76. The largest absolute Gasteiger partial charge is 0.402 e. The number of ether oxygens (including phenoxy) is 1. The Bertz CT molecular complexity index is 785. The molecule has 0 amide bonds. The van der Waals surface area contributed by atoms with Crippen LogP contribution in [0.25, 0.3) is 0 Å². The molecule has 5 nitrogen and oxygen atoms in total. The number of allylic oxidation sites excluding steroid dienone is 2. The maximum Gasteiger partial charge on any atom is 0.0634 e. The molecule has 4 rings (SSSR count). The molecule has 0 bridgehead atoms. The van der Waals surface area contributed by atoms with Crippen molar-refractivity contribution in [2.75, 3.05) is 39.9 Å². The molecule has 2 unspecified atom stereocenters. The van der Waals surface area contributed by atoms with Gasteiger partial charge in [-0.05, 0) is 68.7 Å². The normalized spacial score (nSPS) is 31.5. The number of aliphatic imine (C=N–C) groups is 1. The highest BCUT2D eigenvalue weighted by Gasteiger charge is 2.39. The van der Waals surface area contributed by atoms with Gasteiger partial charge in [0.25, 0.3) is 0 Å². The molecule has 1 saturated carbocycles. The van der Waals surface area contributed by atoms with Gasteiger partial charge in [-0.25, -0.2) is 0 Å². The maximum atomic E-state index is 6.41. The van der Waals surface area contributed by atoms with Crippen LogP contribution in [0.15, 0.2) is 41.0 Å². The molecule has 3 aliphatic rings. The zero-order valence-electron chi connectivity index (χ0n) is 19.0. The van der Waals surface area contributed by atoms with Crippen LogP contribution in [-0.4, -0.2) is 73.5 Å². The molecule has 2 N–H and O–H groups in total. The molecular formula is C25H37ClN4O. The van der Waals surface area contributed by atoms with Gasteiger partial charge in [0.1, 0.15) is 0 Å². The minimum absolute atomic E-state index is 0.488. The van der Waals surface area contributed by atoms with E-state index < -0.39 is 0 Å². The van der Waals surface area contributed by atoms with Crippen LogP contribution in [0.5, 0.6) is 0 Å². The number of hydrogen-bond acceptors (Lipinski definition) is 5. The number of nitrogens with zero attached hydrogens (tertiary/aromatic N) is 3. The summed E-state index contributed by atoms with van der Waals surface area (Å²) in [6.45, 7) is 7.05. The van der Waals surface area contributed by atoms with Crippen molar-refractivity contribution in [1.82, 2.24) is 9.80 Å². The molecule has 0 radical (unpaired) electrons. The zero-order valence-corrected chi connectivity index (χ0v) is 19.7. The second-order valence-corrected chi connectivity index (χ2v) is 9.86. The quantitative estimate of drug-likeness (QED) is 0.702. The zero-order chi connectivity index (χ0) is 21.8. The first-order valence-electron chi connectivity index (χ1n) is 11.8. The molecule has 0 aromatic heterocycles. The fraction of sp³-hybridized carbons (Fsp3) is 0.640. The van der Waals surface area contributed by atoms with Crippen LogP contribution in [0.1, 0.15) is 38.2 Å². The Labute approximate surface area is 192 Å². The average Bonchev–Trinajstić information content (AvgIpc) is 2.80. The highest BCUT2D eigenvalue weighted by molar-refractivity contribution is 6.30. The molecule has 2 heterocycles. The minimum Gasteiger partial charge on any atom is -0.402 e. The summed E-state index contributed by atoms with van der Waals surface area (Å²) in [4.78, 5) is 9.69. The third kappa shape index (κ3) is 5.70. The second-order valence-electron chi connectivity index (χ2n) is 9.42. The Hall–Kier alpha value is -1.40. The van der Waals surface area contributed by atoms with Gasteiger partial charge in [-0.3, -0.25) is 14.8 Å². The summed E-state index contributed by atoms with van der Waals surface area (Å²) < 4.78 is 5.82. The Balaban J connectivity index is 1.44. The van der Waals surface area contributed by atoms with E-state index in [0.717, 1.165) is 55.7 Å². The molecule has 3 fully saturated rings. The molecule has 6 heteroatoms.